The third-order valence-electron chi connectivity index (χ3n) is 3.14. The molecule has 2 amide bonds. The number of pyridine rings is 1. The van der Waals surface area contributed by atoms with E-state index >= 15 is 0 Å². The van der Waals surface area contributed by atoms with Crippen LogP contribution in [0.2, 0.25) is 0 Å². The summed E-state index contributed by atoms with van der Waals surface area (Å²) in [6.45, 7) is 0.287. The van der Waals surface area contributed by atoms with Crippen LogP contribution >= 0.6 is 0 Å². The molecule has 2 atom stereocenters. The Morgan fingerprint density at radius 2 is 2.10 bits per heavy atom. The fraction of sp³-hybridized carbons (Fsp3) is 0.385. The molecule has 0 unspecified atom stereocenters. The largest absolute Gasteiger partial charge is 0.479 e. The van der Waals surface area contributed by atoms with Crippen molar-refractivity contribution in [3.05, 3.63) is 29.6 Å². The molecule has 1 aromatic heterocycles. The van der Waals surface area contributed by atoms with Crippen LogP contribution in [0.5, 0.6) is 0 Å². The monoisotopic (exact) mass is 293 g/mol. The Morgan fingerprint density at radius 3 is 2.67 bits per heavy atom. The number of amides is 2. The molecule has 1 aromatic rings. The third-order valence-corrected chi connectivity index (χ3v) is 3.14. The second-order valence-electron chi connectivity index (χ2n) is 4.51. The molecule has 21 heavy (non-hydrogen) atoms. The lowest BCUT2D eigenvalue weighted by Gasteiger charge is -2.16. The number of hydrogen-bond acceptors (Lipinski definition) is 5. The van der Waals surface area contributed by atoms with Crippen LogP contribution < -0.4 is 10.6 Å². The average Bonchev–Trinajstić information content (AvgIpc) is 2.95. The number of ether oxygens (including phenoxy) is 1. The molecule has 1 saturated heterocycles. The molecule has 3 N–H and O–H groups in total. The molecule has 8 nitrogen and oxygen atoms in total. The summed E-state index contributed by atoms with van der Waals surface area (Å²) in [6, 6.07) is 2.31. The molecule has 112 valence electrons. The summed E-state index contributed by atoms with van der Waals surface area (Å²) in [5, 5.41) is 14.0. The van der Waals surface area contributed by atoms with Crippen molar-refractivity contribution in [2.45, 2.75) is 18.6 Å². The molecule has 0 spiro atoms. The maximum Gasteiger partial charge on any atom is 0.334 e. The molecule has 0 radical (unpaired) electrons. The van der Waals surface area contributed by atoms with Crippen LogP contribution in [-0.2, 0) is 9.53 Å². The lowest BCUT2D eigenvalue weighted by molar-refractivity contribution is -0.148. The zero-order valence-electron chi connectivity index (χ0n) is 11.3. The molecule has 2 rings (SSSR count). The summed E-state index contributed by atoms with van der Waals surface area (Å²) in [4.78, 5) is 38.2. The highest BCUT2D eigenvalue weighted by Crippen LogP contribution is 2.14. The van der Waals surface area contributed by atoms with Crippen LogP contribution in [0.25, 0.3) is 0 Å². The van der Waals surface area contributed by atoms with Gasteiger partial charge in [0.25, 0.3) is 11.8 Å². The number of carboxylic acids is 1. The highest BCUT2D eigenvalue weighted by molar-refractivity contribution is 5.96. The number of nitrogens with zero attached hydrogens (tertiary/aromatic N) is 1. The first-order valence-corrected chi connectivity index (χ1v) is 6.36. The van der Waals surface area contributed by atoms with Crippen LogP contribution in [0, 0.1) is 0 Å². The number of carbonyl (C=O) groups is 3. The lowest BCUT2D eigenvalue weighted by Crippen LogP contribution is -2.44. The van der Waals surface area contributed by atoms with E-state index in [1.807, 2.05) is 0 Å². The van der Waals surface area contributed by atoms with Gasteiger partial charge < -0.3 is 20.5 Å². The minimum absolute atomic E-state index is 0.196. The predicted octanol–water partition coefficient (Wildman–Crippen LogP) is -0.587. The van der Waals surface area contributed by atoms with E-state index in [0.29, 0.717) is 6.42 Å². The summed E-state index contributed by atoms with van der Waals surface area (Å²) in [7, 11) is 1.48. The van der Waals surface area contributed by atoms with Gasteiger partial charge in [-0.1, -0.05) is 0 Å². The Hall–Kier alpha value is -2.48. The maximum absolute atomic E-state index is 12.0. The average molecular weight is 293 g/mol. The first kappa shape index (κ1) is 14.9. The van der Waals surface area contributed by atoms with Crippen LogP contribution in [0.1, 0.15) is 27.3 Å². The first-order valence-electron chi connectivity index (χ1n) is 6.36. The van der Waals surface area contributed by atoms with Gasteiger partial charge in [-0.15, -0.1) is 0 Å². The van der Waals surface area contributed by atoms with E-state index in [1.165, 1.54) is 25.4 Å². The predicted molar refractivity (Wildman–Crippen MR) is 70.9 cm³/mol. The molecule has 0 bridgehead atoms. The summed E-state index contributed by atoms with van der Waals surface area (Å²) < 4.78 is 5.05. The zero-order valence-corrected chi connectivity index (χ0v) is 11.3. The standard InChI is InChI=1S/C13H15N3O5/c1-14-12(18)9-3-2-7(6-15-9)11(17)16-8-4-5-21-10(8)13(19)20/h2-3,6,8,10H,4-5H2,1H3,(H,14,18)(H,16,17)(H,19,20)/t8-,10+/m1/s1. The van der Waals surface area contributed by atoms with Gasteiger partial charge in [-0.3, -0.25) is 14.6 Å². The Bertz CT molecular complexity index is 557. The topological polar surface area (TPSA) is 118 Å². The molecule has 0 saturated carbocycles. The molecule has 2 heterocycles. The smallest absolute Gasteiger partial charge is 0.334 e. The van der Waals surface area contributed by atoms with E-state index in [2.05, 4.69) is 15.6 Å². The number of carbonyl (C=O) groups excluding carboxylic acids is 2. The SMILES string of the molecule is CNC(=O)c1ccc(C(=O)N[C@@H]2CCO[C@@H]2C(=O)O)cn1. The Balaban J connectivity index is 2.03. The number of hydrogen-bond donors (Lipinski definition) is 3. The fourth-order valence-corrected chi connectivity index (χ4v) is 2.02. The van der Waals surface area contributed by atoms with E-state index in [-0.39, 0.29) is 23.8 Å². The van der Waals surface area contributed by atoms with Crippen molar-refractivity contribution in [3.63, 3.8) is 0 Å². The van der Waals surface area contributed by atoms with Crippen molar-refractivity contribution in [2.75, 3.05) is 13.7 Å². The van der Waals surface area contributed by atoms with Gasteiger partial charge in [0, 0.05) is 19.9 Å². The van der Waals surface area contributed by atoms with E-state index in [0.717, 1.165) is 0 Å². The summed E-state index contributed by atoms with van der Waals surface area (Å²) in [5.41, 5.74) is 0.445. The molecule has 0 aromatic carbocycles. The van der Waals surface area contributed by atoms with Gasteiger partial charge in [0.1, 0.15) is 5.69 Å². The number of aromatic nitrogens is 1. The van der Waals surface area contributed by atoms with E-state index in [9.17, 15) is 14.4 Å². The molecular weight excluding hydrogens is 278 g/mol. The van der Waals surface area contributed by atoms with E-state index in [4.69, 9.17) is 9.84 Å². The number of rotatable bonds is 4. The molecule has 1 fully saturated rings. The van der Waals surface area contributed by atoms with Gasteiger partial charge >= 0.3 is 5.97 Å². The Kier molecular flexibility index (Phi) is 4.49. The summed E-state index contributed by atoms with van der Waals surface area (Å²) >= 11 is 0. The van der Waals surface area contributed by atoms with E-state index in [1.54, 1.807) is 0 Å². The third kappa shape index (κ3) is 3.34. The number of aliphatic carboxylic acids is 1. The zero-order chi connectivity index (χ0) is 15.4. The van der Waals surface area contributed by atoms with Crippen molar-refractivity contribution in [3.8, 4) is 0 Å². The Labute approximate surface area is 120 Å². The molecular formula is C13H15N3O5. The van der Waals surface area contributed by atoms with Crippen molar-refractivity contribution in [1.29, 1.82) is 0 Å². The van der Waals surface area contributed by atoms with Crippen molar-refractivity contribution in [2.24, 2.45) is 0 Å². The lowest BCUT2D eigenvalue weighted by atomic mass is 10.1. The highest BCUT2D eigenvalue weighted by Gasteiger charge is 2.35. The molecule has 8 heteroatoms. The molecule has 0 aliphatic carbocycles. The van der Waals surface area contributed by atoms with Crippen LogP contribution in [-0.4, -0.2) is 53.7 Å². The fourth-order valence-electron chi connectivity index (χ4n) is 2.02. The minimum atomic E-state index is -1.11. The highest BCUT2D eigenvalue weighted by atomic mass is 16.5. The first-order chi connectivity index (χ1) is 10.0. The summed E-state index contributed by atoms with van der Waals surface area (Å²) in [5.74, 6) is -1.91. The van der Waals surface area contributed by atoms with Gasteiger partial charge in [-0.05, 0) is 18.6 Å². The maximum atomic E-state index is 12.0. The van der Waals surface area contributed by atoms with Gasteiger partial charge in [0.15, 0.2) is 6.10 Å². The molecule has 1 aliphatic rings. The summed E-state index contributed by atoms with van der Waals surface area (Å²) in [6.07, 6.45) is 0.671. The van der Waals surface area contributed by atoms with Crippen molar-refractivity contribution < 1.29 is 24.2 Å². The van der Waals surface area contributed by atoms with Crippen LogP contribution in [0.4, 0.5) is 0 Å². The van der Waals surface area contributed by atoms with Crippen molar-refractivity contribution >= 4 is 17.8 Å². The van der Waals surface area contributed by atoms with Gasteiger partial charge in [0.05, 0.1) is 11.6 Å². The second kappa shape index (κ2) is 6.31. The van der Waals surface area contributed by atoms with Gasteiger partial charge in [0.2, 0.25) is 0 Å². The normalized spacial score (nSPS) is 20.8. The second-order valence-corrected chi connectivity index (χ2v) is 4.51. The van der Waals surface area contributed by atoms with E-state index < -0.39 is 24.0 Å². The number of carboxylic acid groups (broad SMARTS) is 1. The minimum Gasteiger partial charge on any atom is -0.479 e. The van der Waals surface area contributed by atoms with Gasteiger partial charge in [-0.2, -0.15) is 0 Å². The Morgan fingerprint density at radius 1 is 1.33 bits per heavy atom. The molecule has 1 aliphatic heterocycles. The van der Waals surface area contributed by atoms with Gasteiger partial charge in [-0.25, -0.2) is 4.79 Å². The number of nitrogens with one attached hydrogen (secondary N) is 2. The van der Waals surface area contributed by atoms with Crippen LogP contribution in [0.3, 0.4) is 0 Å². The quantitative estimate of drug-likeness (QED) is 0.683. The van der Waals surface area contributed by atoms with Crippen molar-refractivity contribution in [1.82, 2.24) is 15.6 Å². The van der Waals surface area contributed by atoms with Crippen LogP contribution in [0.15, 0.2) is 18.3 Å².